The van der Waals surface area contributed by atoms with Crippen LogP contribution in [0.2, 0.25) is 0 Å². The summed E-state index contributed by atoms with van der Waals surface area (Å²) in [6.07, 6.45) is 0. The van der Waals surface area contributed by atoms with Crippen LogP contribution >= 0.6 is 0 Å². The van der Waals surface area contributed by atoms with E-state index in [1.54, 1.807) is 0 Å². The number of benzene rings is 2. The molecular weight excluding hydrogens is 226 g/mol. The Kier molecular flexibility index (Phi) is 2.07. The third-order valence-corrected chi connectivity index (χ3v) is 3.04. The number of nitrogens with one attached hydrogen (secondary N) is 1. The largest absolute Gasteiger partial charge is 0.365 e. The number of nitrogens with two attached hydrogens (primary N) is 1. The van der Waals surface area contributed by atoms with Crippen molar-refractivity contribution in [1.29, 1.82) is 5.26 Å². The molecule has 0 saturated carbocycles. The number of nitriles is 1. The number of aromatic nitrogens is 1. The van der Waals surface area contributed by atoms with Crippen LogP contribution in [0.3, 0.4) is 0 Å². The third-order valence-electron chi connectivity index (χ3n) is 3.04. The number of aromatic amines is 1. The van der Waals surface area contributed by atoms with Crippen molar-refractivity contribution in [3.8, 4) is 6.07 Å². The molecule has 0 saturated heterocycles. The van der Waals surface area contributed by atoms with Gasteiger partial charge in [-0.1, -0.05) is 30.3 Å². The lowest BCUT2D eigenvalue weighted by molar-refractivity contribution is -0.112. The summed E-state index contributed by atoms with van der Waals surface area (Å²) in [5, 5.41) is 12.5. The number of primary amides is 1. The van der Waals surface area contributed by atoms with E-state index < -0.39 is 5.91 Å². The van der Waals surface area contributed by atoms with Crippen molar-refractivity contribution in [3.05, 3.63) is 41.7 Å². The molecule has 3 N–H and O–H groups in total. The molecule has 0 aliphatic rings. The van der Waals surface area contributed by atoms with E-state index in [1.165, 1.54) is 0 Å². The molecule has 0 spiro atoms. The maximum absolute atomic E-state index is 11.3. The highest BCUT2D eigenvalue weighted by atomic mass is 16.1. The predicted molar refractivity (Wildman–Crippen MR) is 69.2 cm³/mol. The number of carbonyl (C=O) groups excluding carboxylic acids is 1. The molecule has 0 bridgehead atoms. The Balaban J connectivity index is 2.65. The monoisotopic (exact) mass is 235 g/mol. The molecule has 1 aromatic heterocycles. The molecular formula is C14H9N3O. The van der Waals surface area contributed by atoms with Gasteiger partial charge >= 0.3 is 0 Å². The van der Waals surface area contributed by atoms with Crippen LogP contribution in [0.25, 0.3) is 27.2 Å². The zero-order chi connectivity index (χ0) is 12.7. The fourth-order valence-corrected chi connectivity index (χ4v) is 2.29. The van der Waals surface area contributed by atoms with Crippen LogP contribution in [0, 0.1) is 11.3 Å². The summed E-state index contributed by atoms with van der Waals surface area (Å²) in [5.74, 6) is -0.718. The molecule has 0 fully saturated rings. The summed E-state index contributed by atoms with van der Waals surface area (Å²) in [6, 6.07) is 13.4. The molecule has 0 aliphatic heterocycles. The molecule has 2 aromatic carbocycles. The molecule has 0 aliphatic carbocycles. The summed E-state index contributed by atoms with van der Waals surface area (Å²) in [7, 11) is 0. The second kappa shape index (κ2) is 3.60. The fraction of sp³-hybridized carbons (Fsp3) is 0. The highest BCUT2D eigenvalue weighted by molar-refractivity contribution is 6.20. The predicted octanol–water partition coefficient (Wildman–Crippen LogP) is 1.20. The van der Waals surface area contributed by atoms with Crippen molar-refractivity contribution in [1.82, 2.24) is 4.98 Å². The molecule has 0 radical (unpaired) electrons. The lowest BCUT2D eigenvalue weighted by Gasteiger charge is -1.95. The number of H-pyrrole nitrogens is 1. The molecule has 4 heteroatoms. The van der Waals surface area contributed by atoms with E-state index in [4.69, 9.17) is 11.0 Å². The fourth-order valence-electron chi connectivity index (χ4n) is 2.29. The van der Waals surface area contributed by atoms with Gasteiger partial charge in [-0.3, -0.25) is 4.79 Å². The van der Waals surface area contributed by atoms with Gasteiger partial charge in [0.05, 0.1) is 5.35 Å². The Bertz CT molecular complexity index is 862. The van der Waals surface area contributed by atoms with Gasteiger partial charge in [-0.2, -0.15) is 5.26 Å². The van der Waals surface area contributed by atoms with E-state index in [9.17, 15) is 4.79 Å². The second-order valence-corrected chi connectivity index (χ2v) is 4.06. The van der Waals surface area contributed by atoms with Crippen LogP contribution in [0.1, 0.15) is 0 Å². The summed E-state index contributed by atoms with van der Waals surface area (Å²) >= 11 is 0. The third kappa shape index (κ3) is 1.28. The first-order valence-electron chi connectivity index (χ1n) is 5.45. The van der Waals surface area contributed by atoms with Gasteiger partial charge < -0.3 is 10.7 Å². The van der Waals surface area contributed by atoms with Crippen molar-refractivity contribution in [2.45, 2.75) is 0 Å². The van der Waals surface area contributed by atoms with Crippen molar-refractivity contribution in [2.24, 2.45) is 5.73 Å². The molecule has 0 atom stereocenters. The lowest BCUT2D eigenvalue weighted by Crippen LogP contribution is -2.20. The number of hydrogen-bond donors (Lipinski definition) is 2. The maximum atomic E-state index is 11.3. The van der Waals surface area contributed by atoms with E-state index in [2.05, 4.69) is 4.98 Å². The molecule has 18 heavy (non-hydrogen) atoms. The van der Waals surface area contributed by atoms with Gasteiger partial charge in [-0.15, -0.1) is 0 Å². The Morgan fingerprint density at radius 1 is 1.22 bits per heavy atom. The summed E-state index contributed by atoms with van der Waals surface area (Å²) in [4.78, 5) is 14.4. The molecule has 1 amide bonds. The minimum absolute atomic E-state index is 0.0429. The van der Waals surface area contributed by atoms with Crippen LogP contribution in [0.15, 0.2) is 36.4 Å². The molecule has 86 valence electrons. The number of carbonyl (C=O) groups is 1. The molecule has 0 unspecified atom stereocenters. The zero-order valence-electron chi connectivity index (χ0n) is 9.40. The normalized spacial score (nSPS) is 12.6. The Labute approximate surface area is 102 Å². The minimum atomic E-state index is -0.718. The molecule has 1 heterocycles. The maximum Gasteiger partial charge on any atom is 0.261 e. The van der Waals surface area contributed by atoms with E-state index in [0.29, 0.717) is 5.35 Å². The van der Waals surface area contributed by atoms with Crippen molar-refractivity contribution < 1.29 is 4.79 Å². The number of rotatable bonds is 1. The molecule has 3 rings (SSSR count). The van der Waals surface area contributed by atoms with E-state index in [-0.39, 0.29) is 5.57 Å². The highest BCUT2D eigenvalue weighted by Crippen LogP contribution is 2.23. The highest BCUT2D eigenvalue weighted by Gasteiger charge is 2.11. The zero-order valence-corrected chi connectivity index (χ0v) is 9.40. The first kappa shape index (κ1) is 10.4. The molecule has 3 aromatic rings. The van der Waals surface area contributed by atoms with Gasteiger partial charge in [0, 0.05) is 16.3 Å². The van der Waals surface area contributed by atoms with Crippen molar-refractivity contribution in [3.63, 3.8) is 0 Å². The lowest BCUT2D eigenvalue weighted by atomic mass is 10.1. The first-order valence-corrected chi connectivity index (χ1v) is 5.45. The van der Waals surface area contributed by atoms with Gasteiger partial charge in [0.1, 0.15) is 11.6 Å². The molecule has 4 nitrogen and oxygen atoms in total. The standard InChI is InChI=1S/C14H9N3O/c15-7-10(14(16)18)13-9-5-1-3-8-4-2-6-11(17-13)12(8)9/h1-6,17H,(H2,16,18)/b13-10-. The van der Waals surface area contributed by atoms with Gasteiger partial charge in [0.2, 0.25) is 0 Å². The number of nitrogens with zero attached hydrogens (tertiary/aromatic N) is 1. The topological polar surface area (TPSA) is 82.7 Å². The van der Waals surface area contributed by atoms with Crippen LogP contribution < -0.4 is 11.1 Å². The number of amides is 1. The average Bonchev–Trinajstić information content (AvgIpc) is 2.72. The quantitative estimate of drug-likeness (QED) is 0.664. The SMILES string of the molecule is N#C/C(C(N)=O)=c1/[nH]c2cccc3cccc1c32. The second-order valence-electron chi connectivity index (χ2n) is 4.06. The van der Waals surface area contributed by atoms with Gasteiger partial charge in [-0.05, 0) is 11.5 Å². The van der Waals surface area contributed by atoms with Gasteiger partial charge in [0.15, 0.2) is 0 Å². The summed E-state index contributed by atoms with van der Waals surface area (Å²) < 4.78 is 0. The Morgan fingerprint density at radius 2 is 1.94 bits per heavy atom. The van der Waals surface area contributed by atoms with Crippen LogP contribution in [0.5, 0.6) is 0 Å². The van der Waals surface area contributed by atoms with E-state index in [1.807, 2.05) is 42.5 Å². The van der Waals surface area contributed by atoms with Gasteiger partial charge in [0.25, 0.3) is 5.91 Å². The van der Waals surface area contributed by atoms with E-state index in [0.717, 1.165) is 21.7 Å². The number of hydrogen-bond acceptors (Lipinski definition) is 2. The Morgan fingerprint density at radius 3 is 2.61 bits per heavy atom. The smallest absolute Gasteiger partial charge is 0.261 e. The average molecular weight is 235 g/mol. The van der Waals surface area contributed by atoms with E-state index >= 15 is 0 Å². The van der Waals surface area contributed by atoms with Crippen molar-refractivity contribution in [2.75, 3.05) is 0 Å². The van der Waals surface area contributed by atoms with Crippen LogP contribution in [0.4, 0.5) is 0 Å². The van der Waals surface area contributed by atoms with Gasteiger partial charge in [-0.25, -0.2) is 0 Å². The van der Waals surface area contributed by atoms with Crippen LogP contribution in [-0.4, -0.2) is 10.9 Å². The summed E-state index contributed by atoms with van der Waals surface area (Å²) in [5.41, 5.74) is 6.08. The minimum Gasteiger partial charge on any atom is -0.365 e. The summed E-state index contributed by atoms with van der Waals surface area (Å²) in [6.45, 7) is 0. The Hall–Kier alpha value is -2.80. The van der Waals surface area contributed by atoms with Crippen molar-refractivity contribution >= 4 is 33.2 Å². The van der Waals surface area contributed by atoms with Crippen LogP contribution in [-0.2, 0) is 4.79 Å². The first-order chi connectivity index (χ1) is 8.72.